The minimum Gasteiger partial charge on any atom is -0.328 e. The molecule has 172 valence electrons. The second-order valence-electron chi connectivity index (χ2n) is 10.1. The zero-order chi connectivity index (χ0) is 23.9. The number of Topliss-reactive ketones (excluding diaryl/α,β-unsaturated/α-hetero) is 1. The quantitative estimate of drug-likeness (QED) is 0.188. The number of hydrogen-bond acceptors (Lipinski definition) is 5. The fourth-order valence-corrected chi connectivity index (χ4v) is 3.62. The maximum Gasteiger partial charge on any atom is 0.168 e. The van der Waals surface area contributed by atoms with Gasteiger partial charge in [-0.25, -0.2) is 0 Å². The fraction of sp³-hybridized carbons (Fsp3) is 0.400. The Morgan fingerprint density at radius 2 is 1.12 bits per heavy atom. The van der Waals surface area contributed by atoms with E-state index in [1.54, 1.807) is 0 Å². The topological polar surface area (TPSA) is 48.3 Å². The Morgan fingerprint density at radius 1 is 0.688 bits per heavy atom. The number of benzene rings is 2. The van der Waals surface area contributed by atoms with Gasteiger partial charge in [-0.3, -0.25) is 4.79 Å². The van der Waals surface area contributed by atoms with Crippen molar-refractivity contribution < 1.29 is 4.79 Å². The van der Waals surface area contributed by atoms with Gasteiger partial charge in [0, 0.05) is 26.1 Å². The van der Waals surface area contributed by atoms with Crippen LogP contribution in [0, 0.1) is 0 Å². The molecular formula is C25H38N4OSi2. The van der Waals surface area contributed by atoms with Crippen LogP contribution in [-0.2, 0) is 0 Å². The third-order valence-electron chi connectivity index (χ3n) is 5.44. The van der Waals surface area contributed by atoms with Crippen LogP contribution in [0.2, 0.25) is 39.3 Å². The predicted octanol–water partition coefficient (Wildman–Crippen LogP) is 5.94. The van der Waals surface area contributed by atoms with Gasteiger partial charge in [-0.1, -0.05) is 99.9 Å². The smallest absolute Gasteiger partial charge is 0.168 e. The lowest BCUT2D eigenvalue weighted by Gasteiger charge is -2.29. The van der Waals surface area contributed by atoms with Crippen molar-refractivity contribution in [2.45, 2.75) is 52.1 Å². The van der Waals surface area contributed by atoms with Crippen molar-refractivity contribution in [2.75, 3.05) is 14.1 Å². The Labute approximate surface area is 196 Å². The number of rotatable bonds is 10. The van der Waals surface area contributed by atoms with Gasteiger partial charge in [0.25, 0.3) is 0 Å². The summed E-state index contributed by atoms with van der Waals surface area (Å²) in [4.78, 5) is 13.1. The molecule has 0 fully saturated rings. The Balaban J connectivity index is 2.46. The first-order valence-electron chi connectivity index (χ1n) is 11.1. The van der Waals surface area contributed by atoms with Crippen LogP contribution in [0.25, 0.3) is 0 Å². The van der Waals surface area contributed by atoms with Crippen molar-refractivity contribution in [1.82, 2.24) is 9.35 Å². The number of carbonyl (C=O) groups excluding carboxylic acids is 1. The highest BCUT2D eigenvalue weighted by molar-refractivity contribution is 6.73. The number of hydrazone groups is 2. The molecule has 2 aromatic rings. The first-order valence-corrected chi connectivity index (χ1v) is 18.0. The van der Waals surface area contributed by atoms with Gasteiger partial charge >= 0.3 is 0 Å². The molecule has 0 aliphatic heterocycles. The molecule has 5 nitrogen and oxygen atoms in total. The van der Waals surface area contributed by atoms with E-state index in [9.17, 15) is 4.79 Å². The standard InChI is InChI=1S/C25H38N4OSi2/c1-28(31(3,4)5)26-23(20-25(30)22-17-13-10-14-18-22)19-24(21-15-11-9-12-16-21)27-29(2)32(6,7)8/h9-18H,19-20H2,1-8H3/b26-23+,27-24+. The van der Waals surface area contributed by atoms with E-state index >= 15 is 0 Å². The lowest BCUT2D eigenvalue weighted by molar-refractivity contribution is 0.1000. The molecule has 32 heavy (non-hydrogen) atoms. The minimum atomic E-state index is -1.65. The number of hydrogen-bond donors (Lipinski definition) is 0. The minimum absolute atomic E-state index is 0.0827. The van der Waals surface area contributed by atoms with E-state index in [1.807, 2.05) is 55.6 Å². The van der Waals surface area contributed by atoms with E-state index in [2.05, 4.69) is 67.8 Å². The number of nitrogens with zero attached hydrogens (tertiary/aromatic N) is 4. The largest absolute Gasteiger partial charge is 0.328 e. The van der Waals surface area contributed by atoms with Crippen LogP contribution in [0.1, 0.15) is 28.8 Å². The van der Waals surface area contributed by atoms with Crippen LogP contribution < -0.4 is 0 Å². The summed E-state index contributed by atoms with van der Waals surface area (Å²) in [6.07, 6.45) is 0.813. The summed E-state index contributed by atoms with van der Waals surface area (Å²) in [6.45, 7) is 13.6. The van der Waals surface area contributed by atoms with E-state index in [4.69, 9.17) is 10.2 Å². The number of carbonyl (C=O) groups is 1. The average molecular weight is 467 g/mol. The van der Waals surface area contributed by atoms with Gasteiger partial charge in [0.05, 0.1) is 17.8 Å². The average Bonchev–Trinajstić information content (AvgIpc) is 2.73. The van der Waals surface area contributed by atoms with Crippen molar-refractivity contribution in [2.24, 2.45) is 10.2 Å². The molecule has 0 saturated carbocycles. The lowest BCUT2D eigenvalue weighted by atomic mass is 9.99. The maximum absolute atomic E-state index is 13.1. The summed E-state index contributed by atoms with van der Waals surface area (Å²) < 4.78 is 4.19. The van der Waals surface area contributed by atoms with Gasteiger partial charge < -0.3 is 9.35 Å². The van der Waals surface area contributed by atoms with E-state index in [0.717, 1.165) is 17.0 Å². The highest BCUT2D eigenvalue weighted by Gasteiger charge is 2.23. The first kappa shape index (κ1) is 25.7. The van der Waals surface area contributed by atoms with Crippen LogP contribution >= 0.6 is 0 Å². The number of ketones is 1. The van der Waals surface area contributed by atoms with Crippen LogP contribution in [0.3, 0.4) is 0 Å². The molecule has 0 saturated heterocycles. The fourth-order valence-electron chi connectivity index (χ4n) is 2.76. The molecule has 0 heterocycles. The molecule has 2 rings (SSSR count). The van der Waals surface area contributed by atoms with Gasteiger partial charge in [-0.2, -0.15) is 10.2 Å². The zero-order valence-electron chi connectivity index (χ0n) is 20.9. The highest BCUT2D eigenvalue weighted by Crippen LogP contribution is 2.16. The SMILES string of the molecule is CN(/N=C(/CC(=O)c1ccccc1)C/C(=N\N(C)[Si](C)(C)C)c1ccccc1)[Si](C)(C)C. The van der Waals surface area contributed by atoms with Gasteiger partial charge in [0.2, 0.25) is 0 Å². The molecule has 0 aliphatic carbocycles. The third kappa shape index (κ3) is 7.87. The molecular weight excluding hydrogens is 428 g/mol. The van der Waals surface area contributed by atoms with Crippen LogP contribution in [0.4, 0.5) is 0 Å². The third-order valence-corrected chi connectivity index (χ3v) is 9.53. The molecule has 0 N–H and O–H groups in total. The van der Waals surface area contributed by atoms with Crippen molar-refractivity contribution in [3.63, 3.8) is 0 Å². The first-order chi connectivity index (χ1) is 14.9. The van der Waals surface area contributed by atoms with Crippen molar-refractivity contribution in [3.05, 3.63) is 71.8 Å². The Morgan fingerprint density at radius 3 is 1.59 bits per heavy atom. The summed E-state index contributed by atoms with van der Waals surface area (Å²) in [7, 11) is 0.798. The van der Waals surface area contributed by atoms with Gasteiger partial charge in [-0.05, 0) is 5.56 Å². The van der Waals surface area contributed by atoms with Gasteiger partial charge in [-0.15, -0.1) is 0 Å². The van der Waals surface area contributed by atoms with Crippen molar-refractivity contribution in [1.29, 1.82) is 0 Å². The summed E-state index contributed by atoms with van der Waals surface area (Å²) >= 11 is 0. The predicted molar refractivity (Wildman–Crippen MR) is 143 cm³/mol. The second-order valence-corrected chi connectivity index (χ2v) is 20.1. The maximum atomic E-state index is 13.1. The Hall–Kier alpha value is -2.52. The summed E-state index contributed by atoms with van der Waals surface area (Å²) in [5, 5.41) is 9.97. The van der Waals surface area contributed by atoms with Gasteiger partial charge in [0.15, 0.2) is 22.3 Å². The highest BCUT2D eigenvalue weighted by atomic mass is 28.3. The summed E-state index contributed by atoms with van der Waals surface area (Å²) in [5.41, 5.74) is 3.57. The molecule has 0 aromatic heterocycles. The Bertz CT molecular complexity index is 945. The normalized spacial score (nSPS) is 13.1. The van der Waals surface area contributed by atoms with Crippen molar-refractivity contribution >= 4 is 33.7 Å². The van der Waals surface area contributed by atoms with Crippen LogP contribution in [0.15, 0.2) is 70.9 Å². The lowest BCUT2D eigenvalue weighted by Crippen LogP contribution is -2.41. The molecule has 0 amide bonds. The molecule has 0 radical (unpaired) electrons. The Kier molecular flexibility index (Phi) is 8.75. The van der Waals surface area contributed by atoms with Crippen LogP contribution in [-0.4, -0.2) is 57.1 Å². The van der Waals surface area contributed by atoms with E-state index in [-0.39, 0.29) is 12.2 Å². The molecule has 0 spiro atoms. The van der Waals surface area contributed by atoms with Crippen molar-refractivity contribution in [3.8, 4) is 0 Å². The van der Waals surface area contributed by atoms with Gasteiger partial charge in [0.1, 0.15) is 0 Å². The summed E-state index contributed by atoms with van der Waals surface area (Å²) in [6, 6.07) is 19.7. The molecule has 0 aliphatic rings. The van der Waals surface area contributed by atoms with Crippen LogP contribution in [0.5, 0.6) is 0 Å². The molecule has 0 unspecified atom stereocenters. The van der Waals surface area contributed by atoms with E-state index < -0.39 is 16.5 Å². The zero-order valence-corrected chi connectivity index (χ0v) is 22.9. The molecule has 0 bridgehead atoms. The molecule has 0 atom stereocenters. The van der Waals surface area contributed by atoms with E-state index in [1.165, 1.54) is 0 Å². The monoisotopic (exact) mass is 466 g/mol. The summed E-state index contributed by atoms with van der Waals surface area (Å²) in [5.74, 6) is 0.0827. The molecule has 2 aromatic carbocycles. The van der Waals surface area contributed by atoms with E-state index in [0.29, 0.717) is 12.0 Å². The second kappa shape index (κ2) is 10.9. The molecule has 7 heteroatoms.